The maximum Gasteiger partial charge on any atom is 0.394 e. The third-order valence-corrected chi connectivity index (χ3v) is 5.80. The van der Waals surface area contributed by atoms with Crippen molar-refractivity contribution < 1.29 is 34.5 Å². The van der Waals surface area contributed by atoms with Crippen molar-refractivity contribution in [3.8, 4) is 0 Å². The van der Waals surface area contributed by atoms with E-state index < -0.39 is 10.4 Å². The molecule has 10 N–H and O–H groups in total. The number of nitrogens with two attached hydrogens (primary N) is 4. The van der Waals surface area contributed by atoms with E-state index in [9.17, 15) is 0 Å². The van der Waals surface area contributed by atoms with E-state index in [1.54, 1.807) is 0 Å². The van der Waals surface area contributed by atoms with Crippen LogP contribution in [0.2, 0.25) is 0 Å². The van der Waals surface area contributed by atoms with Crippen molar-refractivity contribution in [1.29, 1.82) is 0 Å². The average molecular weight is 567 g/mol. The SMILES string of the molecule is C[n+]1c2cc(N)ccc2cc2ccc(N)cc21.Nc1ccc2cc3ccc(N)cc3nc2c1.O=S(=O)(O)O.[Cl-]. The molecule has 0 atom stereocenters. The minimum Gasteiger partial charge on any atom is -1.00 e. The van der Waals surface area contributed by atoms with Gasteiger partial charge in [-0.25, -0.2) is 4.98 Å². The molecule has 2 heterocycles. The zero-order valence-corrected chi connectivity index (χ0v) is 22.4. The minimum absolute atomic E-state index is 0. The fourth-order valence-corrected chi connectivity index (χ4v) is 4.10. The van der Waals surface area contributed by atoms with E-state index in [0.29, 0.717) is 0 Å². The van der Waals surface area contributed by atoms with Gasteiger partial charge in [0.1, 0.15) is 7.05 Å². The molecule has 0 spiro atoms. The monoisotopic (exact) mass is 566 g/mol. The summed E-state index contributed by atoms with van der Waals surface area (Å²) in [6.45, 7) is 0. The first kappa shape index (κ1) is 29.1. The summed E-state index contributed by atoms with van der Waals surface area (Å²) >= 11 is 0. The Morgan fingerprint density at radius 1 is 0.590 bits per heavy atom. The summed E-state index contributed by atoms with van der Waals surface area (Å²) in [7, 11) is -2.64. The fraction of sp³-hybridized carbons (Fsp3) is 0.0370. The highest BCUT2D eigenvalue weighted by Crippen LogP contribution is 2.23. The second kappa shape index (κ2) is 11.5. The Morgan fingerprint density at radius 2 is 0.897 bits per heavy atom. The summed E-state index contributed by atoms with van der Waals surface area (Å²) in [6, 6.07) is 27.6. The van der Waals surface area contributed by atoms with Crippen LogP contribution in [0, 0.1) is 0 Å². The summed E-state index contributed by atoms with van der Waals surface area (Å²) < 4.78 is 33.7. The zero-order chi connectivity index (χ0) is 27.6. The van der Waals surface area contributed by atoms with Gasteiger partial charge in [0.05, 0.1) is 11.0 Å². The Bertz CT molecular complexity index is 1810. The highest BCUT2D eigenvalue weighted by Gasteiger charge is 2.11. The van der Waals surface area contributed by atoms with Gasteiger partial charge in [-0.15, -0.1) is 0 Å². The molecule has 12 heteroatoms. The number of halogens is 1. The molecule has 6 aromatic rings. The van der Waals surface area contributed by atoms with Gasteiger partial charge in [0.2, 0.25) is 11.0 Å². The molecule has 202 valence electrons. The fourth-order valence-electron chi connectivity index (χ4n) is 4.10. The smallest absolute Gasteiger partial charge is 0.394 e. The number of aryl methyl sites for hydroxylation is 1. The van der Waals surface area contributed by atoms with Crippen molar-refractivity contribution >= 4 is 76.8 Å². The standard InChI is InChI=1S/C14H13N3.C13H11N3.ClH.H2O4S/c1-17-13-7-11(15)4-2-9(13)6-10-3-5-12(16)8-14(10)17;14-10-3-1-8-5-9-2-4-11(15)7-13(9)16-12(8)6-10;;1-5(2,3)4/h2-8H,1H3,(H3,15,16);1-7H,14-15H2;1H;(H2,1,2,3,4). The van der Waals surface area contributed by atoms with Gasteiger partial charge in [0.25, 0.3) is 0 Å². The van der Waals surface area contributed by atoms with Gasteiger partial charge < -0.3 is 35.3 Å². The lowest BCUT2D eigenvalue weighted by atomic mass is 10.1. The maximum absolute atomic E-state index is 8.74. The Morgan fingerprint density at radius 3 is 1.28 bits per heavy atom. The lowest BCUT2D eigenvalue weighted by Gasteiger charge is -2.03. The third kappa shape index (κ3) is 7.33. The van der Waals surface area contributed by atoms with E-state index in [2.05, 4.69) is 21.7 Å². The van der Waals surface area contributed by atoms with Gasteiger partial charge in [-0.2, -0.15) is 13.0 Å². The number of benzene rings is 4. The highest BCUT2D eigenvalue weighted by atomic mass is 35.5. The number of rotatable bonds is 0. The number of pyridine rings is 2. The van der Waals surface area contributed by atoms with E-state index in [0.717, 1.165) is 55.6 Å². The summed E-state index contributed by atoms with van der Waals surface area (Å²) in [5.41, 5.74) is 30.2. The predicted molar refractivity (Wildman–Crippen MR) is 154 cm³/mol. The summed E-state index contributed by atoms with van der Waals surface area (Å²) in [6.07, 6.45) is 0. The first-order chi connectivity index (χ1) is 17.9. The minimum atomic E-state index is -4.67. The first-order valence-electron chi connectivity index (χ1n) is 11.3. The van der Waals surface area contributed by atoms with Crippen molar-refractivity contribution in [2.45, 2.75) is 0 Å². The topological polar surface area (TPSA) is 195 Å². The van der Waals surface area contributed by atoms with Crippen molar-refractivity contribution in [3.05, 3.63) is 84.9 Å². The van der Waals surface area contributed by atoms with Crippen LogP contribution in [0.25, 0.3) is 43.6 Å². The lowest BCUT2D eigenvalue weighted by Crippen LogP contribution is -3.00. The molecule has 6 rings (SSSR count). The van der Waals surface area contributed by atoms with Crippen LogP contribution < -0.4 is 39.9 Å². The van der Waals surface area contributed by atoms with Crippen molar-refractivity contribution in [3.63, 3.8) is 0 Å². The van der Waals surface area contributed by atoms with Gasteiger partial charge in [-0.05, 0) is 60.7 Å². The second-order valence-electron chi connectivity index (χ2n) is 8.68. The number of nitrogen functional groups attached to an aromatic ring is 4. The summed E-state index contributed by atoms with van der Waals surface area (Å²) in [5.74, 6) is 0. The number of fused-ring (bicyclic) bond motifs is 4. The number of nitrogens with zero attached hydrogens (tertiary/aromatic N) is 2. The zero-order valence-electron chi connectivity index (χ0n) is 20.8. The molecular formula is C27H27ClN6O4S. The Labute approximate surface area is 230 Å². The average Bonchev–Trinajstić information content (AvgIpc) is 2.83. The summed E-state index contributed by atoms with van der Waals surface area (Å²) in [4.78, 5) is 4.54. The van der Waals surface area contributed by atoms with Gasteiger partial charge in [0, 0.05) is 56.4 Å². The molecule has 4 aromatic carbocycles. The van der Waals surface area contributed by atoms with E-state index in [1.807, 2.05) is 79.8 Å². The van der Waals surface area contributed by atoms with Crippen LogP contribution in [0.1, 0.15) is 0 Å². The van der Waals surface area contributed by atoms with Gasteiger partial charge in [0.15, 0.2) is 0 Å². The van der Waals surface area contributed by atoms with Crippen LogP contribution >= 0.6 is 0 Å². The molecule has 0 saturated carbocycles. The molecule has 0 aliphatic carbocycles. The third-order valence-electron chi connectivity index (χ3n) is 5.80. The molecular weight excluding hydrogens is 540 g/mol. The molecule has 2 aromatic heterocycles. The van der Waals surface area contributed by atoms with Crippen molar-refractivity contribution in [2.24, 2.45) is 7.05 Å². The molecule has 0 unspecified atom stereocenters. The lowest BCUT2D eigenvalue weighted by molar-refractivity contribution is -0.617. The number of anilines is 4. The molecule has 10 nitrogen and oxygen atoms in total. The molecule has 0 aliphatic heterocycles. The van der Waals surface area contributed by atoms with Crippen LogP contribution in [0.3, 0.4) is 0 Å². The maximum atomic E-state index is 8.74. The Balaban J connectivity index is 0.000000181. The molecule has 39 heavy (non-hydrogen) atoms. The molecule has 0 fully saturated rings. The van der Waals surface area contributed by atoms with Crippen LogP contribution in [0.5, 0.6) is 0 Å². The van der Waals surface area contributed by atoms with Crippen molar-refractivity contribution in [2.75, 3.05) is 22.9 Å². The number of hydrogen-bond acceptors (Lipinski definition) is 7. The van der Waals surface area contributed by atoms with E-state index in [4.69, 9.17) is 40.5 Å². The Hall–Kier alpha value is -4.42. The molecule has 0 saturated heterocycles. The number of aromatic nitrogens is 2. The molecule has 0 amide bonds. The second-order valence-corrected chi connectivity index (χ2v) is 9.58. The van der Waals surface area contributed by atoms with Gasteiger partial charge in [-0.3, -0.25) is 9.11 Å². The van der Waals surface area contributed by atoms with Gasteiger partial charge in [-0.1, -0.05) is 12.1 Å². The van der Waals surface area contributed by atoms with Crippen LogP contribution in [-0.4, -0.2) is 22.5 Å². The van der Waals surface area contributed by atoms with E-state index in [1.165, 1.54) is 10.8 Å². The highest BCUT2D eigenvalue weighted by molar-refractivity contribution is 7.79. The number of hydrogen-bond donors (Lipinski definition) is 6. The van der Waals surface area contributed by atoms with Gasteiger partial charge >= 0.3 is 10.4 Å². The Kier molecular flexibility index (Phi) is 8.62. The predicted octanol–water partition coefficient (Wildman–Crippen LogP) is 0.886. The van der Waals surface area contributed by atoms with Crippen LogP contribution in [0.15, 0.2) is 84.9 Å². The quantitative estimate of drug-likeness (QED) is 0.0669. The van der Waals surface area contributed by atoms with E-state index in [-0.39, 0.29) is 12.4 Å². The normalized spacial score (nSPS) is 10.8. The molecule has 0 radical (unpaired) electrons. The van der Waals surface area contributed by atoms with Crippen LogP contribution in [-0.2, 0) is 17.4 Å². The largest absolute Gasteiger partial charge is 1.00 e. The summed E-state index contributed by atoms with van der Waals surface area (Å²) in [5, 5.41) is 4.54. The molecule has 0 bridgehead atoms. The van der Waals surface area contributed by atoms with E-state index >= 15 is 0 Å². The molecule has 0 aliphatic rings. The first-order valence-corrected chi connectivity index (χ1v) is 12.7. The van der Waals surface area contributed by atoms with Crippen molar-refractivity contribution in [1.82, 2.24) is 4.98 Å². The van der Waals surface area contributed by atoms with Crippen LogP contribution in [0.4, 0.5) is 22.7 Å².